The summed E-state index contributed by atoms with van der Waals surface area (Å²) in [6.45, 7) is 6.66. The van der Waals surface area contributed by atoms with Gasteiger partial charge in [0.1, 0.15) is 18.3 Å². The smallest absolute Gasteiger partial charge is 0.264 e. The number of ether oxygens (including phenoxy) is 1. The zero-order valence-corrected chi connectivity index (χ0v) is 24.3. The number of halogens is 1. The lowest BCUT2D eigenvalue weighted by atomic mass is 10.1. The molecule has 1 N–H and O–H groups in total. The summed E-state index contributed by atoms with van der Waals surface area (Å²) >= 11 is 6.41. The molecule has 0 aromatic heterocycles. The Kier molecular flexibility index (Phi) is 9.63. The van der Waals surface area contributed by atoms with Crippen molar-refractivity contribution in [3.8, 4) is 5.75 Å². The summed E-state index contributed by atoms with van der Waals surface area (Å²) in [5.74, 6) is -0.282. The fourth-order valence-corrected chi connectivity index (χ4v) is 5.61. The molecule has 0 fully saturated rings. The average molecular weight is 572 g/mol. The number of methoxy groups -OCH3 is 1. The first-order valence-electron chi connectivity index (χ1n) is 12.4. The number of carbonyl (C=O) groups is 2. The first kappa shape index (κ1) is 30.0. The van der Waals surface area contributed by atoms with E-state index in [0.717, 1.165) is 9.87 Å². The fraction of sp³-hybridized carbons (Fsp3) is 0.310. The van der Waals surface area contributed by atoms with Crippen molar-refractivity contribution in [3.05, 3.63) is 89.4 Å². The van der Waals surface area contributed by atoms with E-state index < -0.39 is 34.1 Å². The molecule has 0 saturated heterocycles. The number of rotatable bonds is 10. The van der Waals surface area contributed by atoms with Gasteiger partial charge in [-0.1, -0.05) is 54.1 Å². The van der Waals surface area contributed by atoms with Gasteiger partial charge in [0.15, 0.2) is 0 Å². The van der Waals surface area contributed by atoms with Crippen LogP contribution in [0.4, 0.5) is 5.69 Å². The number of benzene rings is 3. The van der Waals surface area contributed by atoms with Crippen molar-refractivity contribution in [1.82, 2.24) is 10.2 Å². The molecule has 8 nitrogen and oxygen atoms in total. The number of nitrogens with one attached hydrogen (secondary N) is 1. The molecule has 0 spiro atoms. The second kappa shape index (κ2) is 12.5. The number of hydrogen-bond acceptors (Lipinski definition) is 5. The monoisotopic (exact) mass is 571 g/mol. The van der Waals surface area contributed by atoms with Gasteiger partial charge >= 0.3 is 0 Å². The van der Waals surface area contributed by atoms with Gasteiger partial charge in [-0.05, 0) is 69.7 Å². The maximum atomic E-state index is 13.9. The molecule has 3 aromatic rings. The lowest BCUT2D eigenvalue weighted by Gasteiger charge is -2.33. The van der Waals surface area contributed by atoms with E-state index in [9.17, 15) is 18.0 Å². The highest BCUT2D eigenvalue weighted by atomic mass is 35.5. The molecule has 2 amide bonds. The minimum atomic E-state index is -4.18. The van der Waals surface area contributed by atoms with Crippen molar-refractivity contribution in [2.75, 3.05) is 18.0 Å². The third kappa shape index (κ3) is 7.74. The quantitative estimate of drug-likeness (QED) is 0.374. The van der Waals surface area contributed by atoms with E-state index in [1.807, 2.05) is 20.8 Å². The molecule has 0 bridgehead atoms. The molecular weight excluding hydrogens is 538 g/mol. The third-order valence-corrected chi connectivity index (χ3v) is 8.00. The first-order valence-corrected chi connectivity index (χ1v) is 14.2. The van der Waals surface area contributed by atoms with Gasteiger partial charge in [0.25, 0.3) is 10.0 Å². The molecule has 0 unspecified atom stereocenters. The van der Waals surface area contributed by atoms with Gasteiger partial charge in [-0.15, -0.1) is 0 Å². The van der Waals surface area contributed by atoms with Crippen LogP contribution in [0.5, 0.6) is 5.75 Å². The Morgan fingerprint density at radius 3 is 2.10 bits per heavy atom. The largest absolute Gasteiger partial charge is 0.497 e. The Morgan fingerprint density at radius 1 is 0.949 bits per heavy atom. The van der Waals surface area contributed by atoms with Crippen LogP contribution in [0.2, 0.25) is 5.02 Å². The van der Waals surface area contributed by atoms with Crippen LogP contribution in [0, 0.1) is 0 Å². The summed E-state index contributed by atoms with van der Waals surface area (Å²) in [5, 5.41) is 3.07. The van der Waals surface area contributed by atoms with Gasteiger partial charge in [-0.2, -0.15) is 0 Å². The van der Waals surface area contributed by atoms with Gasteiger partial charge in [0.05, 0.1) is 22.7 Å². The lowest BCUT2D eigenvalue weighted by molar-refractivity contribution is -0.140. The van der Waals surface area contributed by atoms with Crippen LogP contribution in [0.1, 0.15) is 33.3 Å². The molecule has 10 heteroatoms. The van der Waals surface area contributed by atoms with E-state index in [-0.39, 0.29) is 28.1 Å². The number of sulfonamides is 1. The fourth-order valence-electron chi connectivity index (χ4n) is 3.87. The molecule has 208 valence electrons. The van der Waals surface area contributed by atoms with E-state index in [4.69, 9.17) is 16.3 Å². The standard InChI is InChI=1S/C29H34ClN3O5S/c1-21(28(35)31-29(2,3)4)32(19-22-15-17-23(38-5)18-16-22)27(34)20-33(26-14-10-9-13-25(26)30)39(36,37)24-11-7-6-8-12-24/h6-18,21H,19-20H2,1-5H3,(H,31,35)/t21-/m0/s1. The maximum absolute atomic E-state index is 13.9. The van der Waals surface area contributed by atoms with Crippen LogP contribution in [0.15, 0.2) is 83.8 Å². The van der Waals surface area contributed by atoms with E-state index >= 15 is 0 Å². The summed E-state index contributed by atoms with van der Waals surface area (Å²) in [6.07, 6.45) is 0. The zero-order valence-electron chi connectivity index (χ0n) is 22.7. The Morgan fingerprint density at radius 2 is 1.54 bits per heavy atom. The van der Waals surface area contributed by atoms with Crippen LogP contribution < -0.4 is 14.4 Å². The Bertz CT molecular complexity index is 1390. The lowest BCUT2D eigenvalue weighted by Crippen LogP contribution is -2.54. The van der Waals surface area contributed by atoms with Crippen molar-refractivity contribution < 1.29 is 22.7 Å². The van der Waals surface area contributed by atoms with E-state index in [1.54, 1.807) is 80.8 Å². The van der Waals surface area contributed by atoms with Gasteiger partial charge in [0.2, 0.25) is 11.8 Å². The Hall–Kier alpha value is -3.56. The minimum absolute atomic E-state index is 0.0120. The highest BCUT2D eigenvalue weighted by Crippen LogP contribution is 2.30. The van der Waals surface area contributed by atoms with Crippen LogP contribution in [0.3, 0.4) is 0 Å². The second-order valence-corrected chi connectivity index (χ2v) is 12.3. The summed E-state index contributed by atoms with van der Waals surface area (Å²) in [5.41, 5.74) is 0.378. The van der Waals surface area contributed by atoms with Crippen molar-refractivity contribution in [2.24, 2.45) is 0 Å². The summed E-state index contributed by atoms with van der Waals surface area (Å²) in [7, 11) is -2.62. The molecule has 0 aliphatic heterocycles. The van der Waals surface area contributed by atoms with Gasteiger partial charge < -0.3 is 15.0 Å². The number of amides is 2. The van der Waals surface area contributed by atoms with E-state index in [2.05, 4.69) is 5.32 Å². The Balaban J connectivity index is 2.03. The minimum Gasteiger partial charge on any atom is -0.497 e. The molecule has 0 heterocycles. The highest BCUT2D eigenvalue weighted by molar-refractivity contribution is 7.92. The number of anilines is 1. The summed E-state index contributed by atoms with van der Waals surface area (Å²) in [4.78, 5) is 28.5. The van der Waals surface area contributed by atoms with Crippen molar-refractivity contribution in [3.63, 3.8) is 0 Å². The van der Waals surface area contributed by atoms with Crippen molar-refractivity contribution in [1.29, 1.82) is 0 Å². The van der Waals surface area contributed by atoms with Crippen LogP contribution in [-0.2, 0) is 26.2 Å². The van der Waals surface area contributed by atoms with Gasteiger partial charge in [0, 0.05) is 12.1 Å². The predicted octanol–water partition coefficient (Wildman–Crippen LogP) is 4.88. The number of hydrogen-bond donors (Lipinski definition) is 1. The first-order chi connectivity index (χ1) is 18.3. The van der Waals surface area contributed by atoms with Gasteiger partial charge in [-0.25, -0.2) is 8.42 Å². The SMILES string of the molecule is COc1ccc(CN(C(=O)CN(c2ccccc2Cl)S(=O)(=O)c2ccccc2)[C@@H](C)C(=O)NC(C)(C)C)cc1. The molecule has 0 saturated carbocycles. The third-order valence-electron chi connectivity index (χ3n) is 5.91. The predicted molar refractivity (Wildman–Crippen MR) is 153 cm³/mol. The topological polar surface area (TPSA) is 96.0 Å². The van der Waals surface area contributed by atoms with Crippen LogP contribution in [-0.4, -0.2) is 50.4 Å². The zero-order chi connectivity index (χ0) is 28.8. The van der Waals surface area contributed by atoms with Crippen molar-refractivity contribution in [2.45, 2.75) is 50.7 Å². The molecule has 1 atom stereocenters. The molecule has 0 radical (unpaired) electrons. The molecule has 3 aromatic carbocycles. The van der Waals surface area contributed by atoms with Crippen molar-refractivity contribution >= 4 is 39.1 Å². The molecule has 3 rings (SSSR count). The highest BCUT2D eigenvalue weighted by Gasteiger charge is 2.34. The average Bonchev–Trinajstić information content (AvgIpc) is 2.90. The summed E-state index contributed by atoms with van der Waals surface area (Å²) < 4.78 is 33.7. The normalized spacial score (nSPS) is 12.4. The molecule has 0 aliphatic rings. The van der Waals surface area contributed by atoms with E-state index in [0.29, 0.717) is 5.75 Å². The van der Waals surface area contributed by atoms with Crippen LogP contribution in [0.25, 0.3) is 0 Å². The Labute approximate surface area is 235 Å². The number of nitrogens with zero attached hydrogens (tertiary/aromatic N) is 2. The number of carbonyl (C=O) groups excluding carboxylic acids is 2. The number of para-hydroxylation sites is 1. The molecule has 39 heavy (non-hydrogen) atoms. The van der Waals surface area contributed by atoms with Crippen LogP contribution >= 0.6 is 11.6 Å². The van der Waals surface area contributed by atoms with Gasteiger partial charge in [-0.3, -0.25) is 13.9 Å². The second-order valence-electron chi connectivity index (χ2n) is 10.1. The van der Waals surface area contributed by atoms with E-state index in [1.165, 1.54) is 17.0 Å². The summed E-state index contributed by atoms with van der Waals surface area (Å²) in [6, 6.07) is 20.5. The molecule has 0 aliphatic carbocycles. The maximum Gasteiger partial charge on any atom is 0.264 e. The molecular formula is C29H34ClN3O5S.